The number of hydrogen-bond donors (Lipinski definition) is 1. The van der Waals surface area contributed by atoms with Gasteiger partial charge in [-0.05, 0) is 44.0 Å². The maximum atomic E-state index is 12.7. The van der Waals surface area contributed by atoms with E-state index in [1.54, 1.807) is 37.4 Å². The highest BCUT2D eigenvalue weighted by Crippen LogP contribution is 2.21. The number of hydrogen-bond acceptors (Lipinski definition) is 5. The number of carbonyl (C=O) groups excluding carboxylic acids is 2. The zero-order chi connectivity index (χ0) is 19.1. The van der Waals surface area contributed by atoms with E-state index in [1.165, 1.54) is 12.8 Å². The van der Waals surface area contributed by atoms with E-state index in [1.807, 2.05) is 12.1 Å². The molecule has 1 N–H and O–H groups in total. The van der Waals surface area contributed by atoms with Gasteiger partial charge in [-0.3, -0.25) is 9.78 Å². The van der Waals surface area contributed by atoms with E-state index in [0.29, 0.717) is 16.9 Å². The summed E-state index contributed by atoms with van der Waals surface area (Å²) < 4.78 is 5.05. The SMILES string of the molecule is CCOC(=O)c1ccccc1NC(=O)c1cc(N2CCCCCC2)ccn1. The molecule has 142 valence electrons. The van der Waals surface area contributed by atoms with Crippen LogP contribution in [0.2, 0.25) is 0 Å². The lowest BCUT2D eigenvalue weighted by Gasteiger charge is -2.22. The van der Waals surface area contributed by atoms with Gasteiger partial charge in [0.15, 0.2) is 0 Å². The second-order valence-corrected chi connectivity index (χ2v) is 6.52. The first-order chi connectivity index (χ1) is 13.2. The van der Waals surface area contributed by atoms with Gasteiger partial charge in [0.05, 0.1) is 17.9 Å². The molecule has 3 rings (SSSR count). The van der Waals surface area contributed by atoms with Gasteiger partial charge < -0.3 is 15.0 Å². The van der Waals surface area contributed by atoms with Gasteiger partial charge in [-0.1, -0.05) is 25.0 Å². The third-order valence-corrected chi connectivity index (χ3v) is 4.62. The van der Waals surface area contributed by atoms with Crippen molar-refractivity contribution in [1.82, 2.24) is 4.98 Å². The van der Waals surface area contributed by atoms with Crippen molar-refractivity contribution >= 4 is 23.3 Å². The molecule has 1 amide bonds. The molecule has 1 aliphatic heterocycles. The van der Waals surface area contributed by atoms with E-state index < -0.39 is 5.97 Å². The highest BCUT2D eigenvalue weighted by Gasteiger charge is 2.17. The Hall–Kier alpha value is -2.89. The van der Waals surface area contributed by atoms with E-state index in [2.05, 4.69) is 15.2 Å². The van der Waals surface area contributed by atoms with Gasteiger partial charge >= 0.3 is 5.97 Å². The van der Waals surface area contributed by atoms with Crippen molar-refractivity contribution < 1.29 is 14.3 Å². The first-order valence-corrected chi connectivity index (χ1v) is 9.47. The molecule has 1 saturated heterocycles. The van der Waals surface area contributed by atoms with Crippen molar-refractivity contribution in [3.05, 3.63) is 53.9 Å². The molecule has 2 aromatic rings. The first kappa shape index (κ1) is 18.9. The van der Waals surface area contributed by atoms with Crippen molar-refractivity contribution in [2.24, 2.45) is 0 Å². The summed E-state index contributed by atoms with van der Waals surface area (Å²) in [6.45, 7) is 4.02. The van der Waals surface area contributed by atoms with Crippen LogP contribution in [0.25, 0.3) is 0 Å². The summed E-state index contributed by atoms with van der Waals surface area (Å²) in [7, 11) is 0. The molecule has 0 bridgehead atoms. The fourth-order valence-corrected chi connectivity index (χ4v) is 3.23. The summed E-state index contributed by atoms with van der Waals surface area (Å²) in [5.41, 5.74) is 2.09. The van der Waals surface area contributed by atoms with Crippen LogP contribution < -0.4 is 10.2 Å². The maximum Gasteiger partial charge on any atom is 0.340 e. The van der Waals surface area contributed by atoms with Gasteiger partial charge in [-0.15, -0.1) is 0 Å². The van der Waals surface area contributed by atoms with Crippen LogP contribution in [0.4, 0.5) is 11.4 Å². The number of anilines is 2. The number of pyridine rings is 1. The van der Waals surface area contributed by atoms with E-state index in [-0.39, 0.29) is 12.5 Å². The molecule has 1 aromatic heterocycles. The molecule has 0 spiro atoms. The standard InChI is InChI=1S/C21H25N3O3/c1-2-27-21(26)17-9-5-6-10-18(17)23-20(25)19-15-16(11-12-22-19)24-13-7-3-4-8-14-24/h5-6,9-12,15H,2-4,7-8,13-14H2,1H3,(H,23,25). The molecular formula is C21H25N3O3. The van der Waals surface area contributed by atoms with Crippen LogP contribution in [0.3, 0.4) is 0 Å². The quantitative estimate of drug-likeness (QED) is 0.812. The number of para-hydroxylation sites is 1. The Bertz CT molecular complexity index is 799. The van der Waals surface area contributed by atoms with Gasteiger partial charge in [0.2, 0.25) is 0 Å². The Morgan fingerprint density at radius 3 is 2.59 bits per heavy atom. The van der Waals surface area contributed by atoms with E-state index >= 15 is 0 Å². The van der Waals surface area contributed by atoms with Crippen molar-refractivity contribution in [2.75, 3.05) is 29.9 Å². The molecule has 0 radical (unpaired) electrons. The number of benzene rings is 1. The molecule has 0 aliphatic carbocycles. The molecule has 27 heavy (non-hydrogen) atoms. The molecule has 0 unspecified atom stereocenters. The van der Waals surface area contributed by atoms with Crippen molar-refractivity contribution in [3.63, 3.8) is 0 Å². The van der Waals surface area contributed by atoms with Crippen LogP contribution in [-0.2, 0) is 4.74 Å². The number of esters is 1. The Labute approximate surface area is 159 Å². The minimum absolute atomic E-state index is 0.278. The van der Waals surface area contributed by atoms with Crippen molar-refractivity contribution in [3.8, 4) is 0 Å². The lowest BCUT2D eigenvalue weighted by atomic mass is 10.1. The zero-order valence-corrected chi connectivity index (χ0v) is 15.6. The third-order valence-electron chi connectivity index (χ3n) is 4.62. The Morgan fingerprint density at radius 1 is 1.11 bits per heavy atom. The topological polar surface area (TPSA) is 71.5 Å². The Kier molecular flexibility index (Phi) is 6.41. The van der Waals surface area contributed by atoms with Crippen LogP contribution in [0.1, 0.15) is 53.5 Å². The number of amides is 1. The lowest BCUT2D eigenvalue weighted by molar-refractivity contribution is 0.0527. The molecule has 1 aliphatic rings. The number of ether oxygens (including phenoxy) is 1. The third kappa shape index (κ3) is 4.84. The predicted octanol–water partition coefficient (Wildman–Crippen LogP) is 3.89. The van der Waals surface area contributed by atoms with Gasteiger partial charge in [-0.25, -0.2) is 4.79 Å². The largest absolute Gasteiger partial charge is 0.462 e. The normalized spacial score (nSPS) is 14.3. The van der Waals surface area contributed by atoms with Crippen molar-refractivity contribution in [2.45, 2.75) is 32.6 Å². The van der Waals surface area contributed by atoms with Crippen LogP contribution in [0.5, 0.6) is 0 Å². The second kappa shape index (κ2) is 9.16. The molecule has 0 atom stereocenters. The number of carbonyl (C=O) groups is 2. The number of nitrogens with one attached hydrogen (secondary N) is 1. The smallest absolute Gasteiger partial charge is 0.340 e. The predicted molar refractivity (Wildman–Crippen MR) is 105 cm³/mol. The summed E-state index contributed by atoms with van der Waals surface area (Å²) in [5.74, 6) is -0.803. The zero-order valence-electron chi connectivity index (χ0n) is 15.6. The minimum Gasteiger partial charge on any atom is -0.462 e. The molecule has 6 nitrogen and oxygen atoms in total. The number of nitrogens with zero attached hydrogens (tertiary/aromatic N) is 2. The average Bonchev–Trinajstić information content (AvgIpc) is 2.98. The monoisotopic (exact) mass is 367 g/mol. The number of rotatable bonds is 5. The van der Waals surface area contributed by atoms with E-state index in [9.17, 15) is 9.59 Å². The summed E-state index contributed by atoms with van der Waals surface area (Å²) >= 11 is 0. The first-order valence-electron chi connectivity index (χ1n) is 9.47. The molecule has 1 fully saturated rings. The Balaban J connectivity index is 1.77. The molecule has 2 heterocycles. The van der Waals surface area contributed by atoms with E-state index in [0.717, 1.165) is 31.6 Å². The summed E-state index contributed by atoms with van der Waals surface area (Å²) in [6, 6.07) is 10.6. The van der Waals surface area contributed by atoms with Crippen LogP contribution >= 0.6 is 0 Å². The molecule has 6 heteroatoms. The van der Waals surface area contributed by atoms with Crippen LogP contribution in [0.15, 0.2) is 42.6 Å². The highest BCUT2D eigenvalue weighted by atomic mass is 16.5. The fourth-order valence-electron chi connectivity index (χ4n) is 3.23. The fraction of sp³-hybridized carbons (Fsp3) is 0.381. The Morgan fingerprint density at radius 2 is 1.85 bits per heavy atom. The average molecular weight is 367 g/mol. The lowest BCUT2D eigenvalue weighted by Crippen LogP contribution is -2.24. The van der Waals surface area contributed by atoms with Gasteiger partial charge in [0.25, 0.3) is 5.91 Å². The van der Waals surface area contributed by atoms with Crippen LogP contribution in [-0.4, -0.2) is 36.6 Å². The molecule has 1 aromatic carbocycles. The second-order valence-electron chi connectivity index (χ2n) is 6.52. The van der Waals surface area contributed by atoms with E-state index in [4.69, 9.17) is 4.74 Å². The summed E-state index contributed by atoms with van der Waals surface area (Å²) in [5, 5.41) is 2.79. The summed E-state index contributed by atoms with van der Waals surface area (Å²) in [4.78, 5) is 31.3. The van der Waals surface area contributed by atoms with Crippen molar-refractivity contribution in [1.29, 1.82) is 0 Å². The van der Waals surface area contributed by atoms with Gasteiger partial charge in [0.1, 0.15) is 5.69 Å². The molecular weight excluding hydrogens is 342 g/mol. The summed E-state index contributed by atoms with van der Waals surface area (Å²) in [6.07, 6.45) is 6.49. The van der Waals surface area contributed by atoms with Crippen LogP contribution in [0, 0.1) is 0 Å². The highest BCUT2D eigenvalue weighted by molar-refractivity contribution is 6.07. The van der Waals surface area contributed by atoms with Gasteiger partial charge in [0, 0.05) is 25.0 Å². The number of aromatic nitrogens is 1. The maximum absolute atomic E-state index is 12.7. The molecule has 0 saturated carbocycles. The minimum atomic E-state index is -0.459. The van der Waals surface area contributed by atoms with Gasteiger partial charge in [-0.2, -0.15) is 0 Å².